The summed E-state index contributed by atoms with van der Waals surface area (Å²) >= 11 is 0. The number of fused-ring (bicyclic) bond motifs is 1. The number of benzene rings is 1. The van der Waals surface area contributed by atoms with E-state index in [9.17, 15) is 8.78 Å². The lowest BCUT2D eigenvalue weighted by molar-refractivity contribution is 0.153. The largest absolute Gasteiger partial charge is 0.397 e. The van der Waals surface area contributed by atoms with Crippen molar-refractivity contribution in [2.24, 2.45) is 0 Å². The molecule has 4 nitrogen and oxygen atoms in total. The maximum Gasteiger partial charge on any atom is 0.266 e. The number of aromatic amines is 1. The second-order valence-electron chi connectivity index (χ2n) is 2.89. The first kappa shape index (κ1) is 8.74. The molecule has 5 N–H and O–H groups in total. The van der Waals surface area contributed by atoms with Crippen molar-refractivity contribution in [1.82, 2.24) is 9.97 Å². The molecular formula is C8H8F2N4. The van der Waals surface area contributed by atoms with Crippen LogP contribution >= 0.6 is 0 Å². The number of hydrogen-bond acceptors (Lipinski definition) is 3. The highest BCUT2D eigenvalue weighted by atomic mass is 19.3. The monoisotopic (exact) mass is 198 g/mol. The van der Waals surface area contributed by atoms with Gasteiger partial charge in [-0.25, -0.2) is 13.8 Å². The number of anilines is 2. The number of alkyl halides is 2. The van der Waals surface area contributed by atoms with E-state index in [-0.39, 0.29) is 17.0 Å². The minimum absolute atomic E-state index is 0.0831. The van der Waals surface area contributed by atoms with Crippen LogP contribution in [0, 0.1) is 0 Å². The summed E-state index contributed by atoms with van der Waals surface area (Å²) in [6.07, 6.45) is -2.58. The van der Waals surface area contributed by atoms with Gasteiger partial charge in [0.15, 0.2) is 5.95 Å². The van der Waals surface area contributed by atoms with Gasteiger partial charge in [-0.3, -0.25) is 0 Å². The summed E-state index contributed by atoms with van der Waals surface area (Å²) in [5.74, 6) is 0.0831. The molecule has 6 heteroatoms. The Hall–Kier alpha value is -1.85. The summed E-state index contributed by atoms with van der Waals surface area (Å²) in [5.41, 5.74) is 11.6. The van der Waals surface area contributed by atoms with Gasteiger partial charge in [-0.05, 0) is 12.1 Å². The van der Waals surface area contributed by atoms with Gasteiger partial charge in [-0.2, -0.15) is 0 Å². The van der Waals surface area contributed by atoms with E-state index >= 15 is 0 Å². The van der Waals surface area contributed by atoms with Crippen molar-refractivity contribution < 1.29 is 8.78 Å². The van der Waals surface area contributed by atoms with E-state index in [2.05, 4.69) is 9.97 Å². The molecule has 14 heavy (non-hydrogen) atoms. The smallest absolute Gasteiger partial charge is 0.266 e. The molecule has 0 aliphatic carbocycles. The maximum absolute atomic E-state index is 12.5. The zero-order valence-electron chi connectivity index (χ0n) is 7.09. The highest BCUT2D eigenvalue weighted by Crippen LogP contribution is 2.29. The fourth-order valence-electron chi connectivity index (χ4n) is 1.33. The van der Waals surface area contributed by atoms with E-state index in [1.54, 1.807) is 0 Å². The maximum atomic E-state index is 12.5. The molecule has 0 spiro atoms. The van der Waals surface area contributed by atoms with Crippen molar-refractivity contribution in [3.63, 3.8) is 0 Å². The zero-order chi connectivity index (χ0) is 10.3. The lowest BCUT2D eigenvalue weighted by atomic mass is 10.1. The number of rotatable bonds is 1. The molecule has 0 unspecified atom stereocenters. The van der Waals surface area contributed by atoms with Gasteiger partial charge in [0.25, 0.3) is 6.43 Å². The number of aromatic nitrogens is 2. The van der Waals surface area contributed by atoms with E-state index in [0.29, 0.717) is 11.2 Å². The van der Waals surface area contributed by atoms with Crippen LogP contribution in [0.4, 0.5) is 20.4 Å². The molecular weight excluding hydrogens is 190 g/mol. The van der Waals surface area contributed by atoms with Crippen LogP contribution in [0.15, 0.2) is 12.1 Å². The molecule has 0 saturated heterocycles. The molecule has 0 aliphatic heterocycles. The van der Waals surface area contributed by atoms with Gasteiger partial charge < -0.3 is 16.5 Å². The van der Waals surface area contributed by atoms with Crippen LogP contribution in [-0.4, -0.2) is 9.97 Å². The quantitative estimate of drug-likeness (QED) is 0.609. The van der Waals surface area contributed by atoms with Crippen LogP contribution in [0.3, 0.4) is 0 Å². The summed E-state index contributed by atoms with van der Waals surface area (Å²) in [6.45, 7) is 0. The van der Waals surface area contributed by atoms with Crippen molar-refractivity contribution in [2.45, 2.75) is 6.43 Å². The van der Waals surface area contributed by atoms with E-state index in [1.807, 2.05) is 0 Å². The van der Waals surface area contributed by atoms with Gasteiger partial charge >= 0.3 is 0 Å². The second kappa shape index (κ2) is 2.83. The van der Waals surface area contributed by atoms with Gasteiger partial charge in [0.1, 0.15) is 5.52 Å². The van der Waals surface area contributed by atoms with Crippen molar-refractivity contribution in [3.8, 4) is 0 Å². The van der Waals surface area contributed by atoms with Gasteiger partial charge in [-0.15, -0.1) is 0 Å². The average Bonchev–Trinajstić information content (AvgIpc) is 2.47. The topological polar surface area (TPSA) is 80.7 Å². The Morgan fingerprint density at radius 1 is 1.29 bits per heavy atom. The van der Waals surface area contributed by atoms with Crippen LogP contribution < -0.4 is 11.5 Å². The standard InChI is InChI=1S/C8H8F2N4/c9-7(10)3-1-2-4(11)6-5(3)13-8(12)14-6/h1-2,7H,11H2,(H3,12,13,14). The molecule has 0 saturated carbocycles. The van der Waals surface area contributed by atoms with E-state index < -0.39 is 6.43 Å². The van der Waals surface area contributed by atoms with Crippen molar-refractivity contribution in [3.05, 3.63) is 17.7 Å². The number of nitrogen functional groups attached to an aromatic ring is 2. The van der Waals surface area contributed by atoms with Crippen molar-refractivity contribution in [2.75, 3.05) is 11.5 Å². The Bertz CT molecular complexity index is 477. The molecule has 0 bridgehead atoms. The molecule has 74 valence electrons. The first-order valence-electron chi connectivity index (χ1n) is 3.91. The highest BCUT2D eigenvalue weighted by Gasteiger charge is 2.15. The van der Waals surface area contributed by atoms with Crippen molar-refractivity contribution >= 4 is 22.7 Å². The first-order chi connectivity index (χ1) is 6.59. The van der Waals surface area contributed by atoms with Crippen LogP contribution in [0.25, 0.3) is 11.0 Å². The van der Waals surface area contributed by atoms with Gasteiger partial charge in [0.2, 0.25) is 0 Å². The predicted octanol–water partition coefficient (Wildman–Crippen LogP) is 1.66. The molecule has 2 aromatic rings. The molecule has 1 aromatic heterocycles. The molecule has 0 radical (unpaired) electrons. The number of nitrogens with one attached hydrogen (secondary N) is 1. The Morgan fingerprint density at radius 2 is 2.00 bits per heavy atom. The summed E-state index contributed by atoms with van der Waals surface area (Å²) in [7, 11) is 0. The van der Waals surface area contributed by atoms with Crippen LogP contribution in [-0.2, 0) is 0 Å². The normalized spacial score (nSPS) is 11.4. The number of halogens is 2. The Balaban J connectivity index is 2.81. The summed E-state index contributed by atoms with van der Waals surface area (Å²) < 4.78 is 25.0. The molecule has 0 amide bonds. The average molecular weight is 198 g/mol. The Morgan fingerprint density at radius 3 is 2.64 bits per heavy atom. The Labute approximate surface area is 77.9 Å². The third kappa shape index (κ3) is 1.15. The van der Waals surface area contributed by atoms with Gasteiger partial charge in [0.05, 0.1) is 11.2 Å². The lowest BCUT2D eigenvalue weighted by Gasteiger charge is -2.01. The summed E-state index contributed by atoms with van der Waals surface area (Å²) in [5, 5.41) is 0. The zero-order valence-corrected chi connectivity index (χ0v) is 7.09. The summed E-state index contributed by atoms with van der Waals surface area (Å²) in [4.78, 5) is 6.39. The molecule has 0 fully saturated rings. The number of nitrogens with two attached hydrogens (primary N) is 2. The molecule has 0 atom stereocenters. The SMILES string of the molecule is Nc1nc2c(C(F)F)ccc(N)c2[nH]1. The molecule has 0 aliphatic rings. The van der Waals surface area contributed by atoms with Crippen LogP contribution in [0.2, 0.25) is 0 Å². The van der Waals surface area contributed by atoms with Crippen molar-refractivity contribution in [1.29, 1.82) is 0 Å². The van der Waals surface area contributed by atoms with Gasteiger partial charge in [0, 0.05) is 5.56 Å². The van der Waals surface area contributed by atoms with E-state index in [1.165, 1.54) is 12.1 Å². The highest BCUT2D eigenvalue weighted by molar-refractivity contribution is 5.90. The number of H-pyrrole nitrogens is 1. The van der Waals surface area contributed by atoms with E-state index in [0.717, 1.165) is 0 Å². The first-order valence-corrected chi connectivity index (χ1v) is 3.91. The molecule has 2 rings (SSSR count). The Kier molecular flexibility index (Phi) is 1.77. The third-order valence-electron chi connectivity index (χ3n) is 1.96. The predicted molar refractivity (Wildman–Crippen MR) is 49.9 cm³/mol. The number of imidazole rings is 1. The lowest BCUT2D eigenvalue weighted by Crippen LogP contribution is -1.91. The minimum Gasteiger partial charge on any atom is -0.397 e. The molecule has 1 heterocycles. The van der Waals surface area contributed by atoms with Crippen LogP contribution in [0.1, 0.15) is 12.0 Å². The number of hydrogen-bond donors (Lipinski definition) is 3. The fourth-order valence-corrected chi connectivity index (χ4v) is 1.33. The number of nitrogens with zero attached hydrogens (tertiary/aromatic N) is 1. The van der Waals surface area contributed by atoms with E-state index in [4.69, 9.17) is 11.5 Å². The third-order valence-corrected chi connectivity index (χ3v) is 1.96. The second-order valence-corrected chi connectivity index (χ2v) is 2.89. The molecule has 1 aromatic carbocycles. The van der Waals surface area contributed by atoms with Gasteiger partial charge in [-0.1, -0.05) is 0 Å². The fraction of sp³-hybridized carbons (Fsp3) is 0.125. The minimum atomic E-state index is -2.58. The van der Waals surface area contributed by atoms with Crippen LogP contribution in [0.5, 0.6) is 0 Å². The summed E-state index contributed by atoms with van der Waals surface area (Å²) in [6, 6.07) is 2.66.